The Morgan fingerprint density at radius 3 is 2.61 bits per heavy atom. The first-order valence-electron chi connectivity index (χ1n) is 5.48. The zero-order valence-electron chi connectivity index (χ0n) is 9.91. The number of rotatable bonds is 3. The molecule has 2 rings (SSSR count). The number of nitrogens with two attached hydrogens (primary N) is 1. The lowest BCUT2D eigenvalue weighted by molar-refractivity contribution is 0.411. The Morgan fingerprint density at radius 2 is 2.00 bits per heavy atom. The van der Waals surface area contributed by atoms with E-state index < -0.39 is 0 Å². The molecule has 0 unspecified atom stereocenters. The predicted molar refractivity (Wildman–Crippen MR) is 71.3 cm³/mol. The molecule has 0 aliphatic rings. The predicted octanol–water partition coefficient (Wildman–Crippen LogP) is 3.61. The van der Waals surface area contributed by atoms with Gasteiger partial charge in [0.2, 0.25) is 0 Å². The molecule has 0 saturated heterocycles. The Hall–Kier alpha value is -1.58. The summed E-state index contributed by atoms with van der Waals surface area (Å²) < 4.78 is 18.9. The molecule has 0 amide bonds. The normalized spacial score (nSPS) is 10.4. The van der Waals surface area contributed by atoms with Gasteiger partial charge < -0.3 is 10.5 Å². The zero-order valence-corrected chi connectivity index (χ0v) is 10.7. The Kier molecular flexibility index (Phi) is 3.84. The largest absolute Gasteiger partial charge is 0.497 e. The van der Waals surface area contributed by atoms with Gasteiger partial charge in [0.1, 0.15) is 11.6 Å². The van der Waals surface area contributed by atoms with E-state index in [1.165, 1.54) is 13.2 Å². The monoisotopic (exact) mass is 265 g/mol. The van der Waals surface area contributed by atoms with Crippen molar-refractivity contribution in [2.45, 2.75) is 6.54 Å². The van der Waals surface area contributed by atoms with Crippen LogP contribution in [0.1, 0.15) is 5.56 Å². The number of ether oxygens (including phenoxy) is 1. The minimum Gasteiger partial charge on any atom is -0.497 e. The maximum absolute atomic E-state index is 13.9. The van der Waals surface area contributed by atoms with Gasteiger partial charge in [-0.1, -0.05) is 17.7 Å². The van der Waals surface area contributed by atoms with Crippen molar-refractivity contribution in [2.75, 3.05) is 7.11 Å². The molecule has 2 N–H and O–H groups in total. The zero-order chi connectivity index (χ0) is 13.1. The molecule has 4 heteroatoms. The van der Waals surface area contributed by atoms with Gasteiger partial charge in [-0.15, -0.1) is 0 Å². The van der Waals surface area contributed by atoms with E-state index in [1.807, 2.05) is 0 Å². The highest BCUT2D eigenvalue weighted by Gasteiger charge is 2.08. The van der Waals surface area contributed by atoms with Crippen molar-refractivity contribution in [2.24, 2.45) is 5.73 Å². The van der Waals surface area contributed by atoms with Crippen molar-refractivity contribution >= 4 is 11.6 Å². The molecule has 0 aliphatic heterocycles. The molecule has 94 valence electrons. The lowest BCUT2D eigenvalue weighted by Gasteiger charge is -2.08. The molecule has 0 bridgehead atoms. The van der Waals surface area contributed by atoms with E-state index in [-0.39, 0.29) is 5.82 Å². The number of methoxy groups -OCH3 is 1. The molecule has 0 saturated carbocycles. The maximum Gasteiger partial charge on any atom is 0.134 e. The molecule has 0 fully saturated rings. The summed E-state index contributed by atoms with van der Waals surface area (Å²) in [5.41, 5.74) is 7.63. The maximum atomic E-state index is 13.9. The summed E-state index contributed by atoms with van der Waals surface area (Å²) in [6.45, 7) is 0.324. The standard InChI is InChI=1S/C14H13ClFNO/c1-18-11-3-4-12(14(16)7-11)9-2-5-13(15)10(6-9)8-17/h2-7H,8,17H2,1H3. The van der Waals surface area contributed by atoms with Crippen LogP contribution in [0.2, 0.25) is 5.02 Å². The number of halogens is 2. The molecular formula is C14H13ClFNO. The third-order valence-electron chi connectivity index (χ3n) is 2.75. The van der Waals surface area contributed by atoms with Gasteiger partial charge in [0.05, 0.1) is 7.11 Å². The average Bonchev–Trinajstić information content (AvgIpc) is 2.39. The quantitative estimate of drug-likeness (QED) is 0.920. The lowest BCUT2D eigenvalue weighted by atomic mass is 10.0. The first kappa shape index (κ1) is 12.9. The van der Waals surface area contributed by atoms with Crippen LogP contribution in [0, 0.1) is 5.82 Å². The summed E-state index contributed by atoms with van der Waals surface area (Å²) in [5, 5.41) is 0.593. The van der Waals surface area contributed by atoms with Crippen molar-refractivity contribution in [3.8, 4) is 16.9 Å². The van der Waals surface area contributed by atoms with Crippen LogP contribution in [0.5, 0.6) is 5.75 Å². The fraction of sp³-hybridized carbons (Fsp3) is 0.143. The summed E-state index contributed by atoms with van der Waals surface area (Å²) in [6, 6.07) is 10.0. The minimum absolute atomic E-state index is 0.324. The lowest BCUT2D eigenvalue weighted by Crippen LogP contribution is -1.98. The first-order valence-corrected chi connectivity index (χ1v) is 5.86. The topological polar surface area (TPSA) is 35.2 Å². The molecule has 0 aromatic heterocycles. The Labute approximate surface area is 110 Å². The molecule has 0 aliphatic carbocycles. The Balaban J connectivity index is 2.48. The van der Waals surface area contributed by atoms with Crippen molar-refractivity contribution in [1.29, 1.82) is 0 Å². The van der Waals surface area contributed by atoms with Crippen LogP contribution < -0.4 is 10.5 Å². The fourth-order valence-electron chi connectivity index (χ4n) is 1.76. The van der Waals surface area contributed by atoms with Crippen LogP contribution in [0.15, 0.2) is 36.4 Å². The Morgan fingerprint density at radius 1 is 1.22 bits per heavy atom. The summed E-state index contributed by atoms with van der Waals surface area (Å²) in [7, 11) is 1.50. The molecule has 0 heterocycles. The summed E-state index contributed by atoms with van der Waals surface area (Å²) >= 11 is 5.98. The second-order valence-electron chi connectivity index (χ2n) is 3.86. The third-order valence-corrected chi connectivity index (χ3v) is 3.12. The van der Waals surface area contributed by atoms with Gasteiger partial charge in [0.15, 0.2) is 0 Å². The number of hydrogen-bond acceptors (Lipinski definition) is 2. The highest BCUT2D eigenvalue weighted by Crippen LogP contribution is 2.29. The second kappa shape index (κ2) is 5.38. The number of benzene rings is 2. The van der Waals surface area contributed by atoms with E-state index in [0.717, 1.165) is 11.1 Å². The highest BCUT2D eigenvalue weighted by molar-refractivity contribution is 6.31. The molecule has 0 atom stereocenters. The summed E-state index contributed by atoms with van der Waals surface area (Å²) in [5.74, 6) is 0.156. The van der Waals surface area contributed by atoms with E-state index in [4.69, 9.17) is 22.1 Å². The van der Waals surface area contributed by atoms with E-state index in [1.54, 1.807) is 30.3 Å². The van der Waals surface area contributed by atoms with Gasteiger partial charge in [0, 0.05) is 23.2 Å². The Bertz CT molecular complexity index is 572. The minimum atomic E-state index is -0.334. The molecule has 2 aromatic carbocycles. The van der Waals surface area contributed by atoms with Crippen molar-refractivity contribution in [3.63, 3.8) is 0 Å². The molecule has 2 nitrogen and oxygen atoms in total. The van der Waals surface area contributed by atoms with Crippen LogP contribution in [0.25, 0.3) is 11.1 Å². The van der Waals surface area contributed by atoms with E-state index >= 15 is 0 Å². The van der Waals surface area contributed by atoms with E-state index in [2.05, 4.69) is 0 Å². The van der Waals surface area contributed by atoms with Gasteiger partial charge in [-0.2, -0.15) is 0 Å². The van der Waals surface area contributed by atoms with Crippen molar-refractivity contribution < 1.29 is 9.13 Å². The molecular weight excluding hydrogens is 253 g/mol. The smallest absolute Gasteiger partial charge is 0.134 e. The average molecular weight is 266 g/mol. The summed E-state index contributed by atoms with van der Waals surface area (Å²) in [4.78, 5) is 0. The van der Waals surface area contributed by atoms with Crippen LogP contribution in [-0.4, -0.2) is 7.11 Å². The highest BCUT2D eigenvalue weighted by atomic mass is 35.5. The van der Waals surface area contributed by atoms with Crippen LogP contribution in [0.3, 0.4) is 0 Å². The molecule has 0 spiro atoms. The second-order valence-corrected chi connectivity index (χ2v) is 4.26. The van der Waals surface area contributed by atoms with Gasteiger partial charge in [-0.3, -0.25) is 0 Å². The van der Waals surface area contributed by atoms with Crippen molar-refractivity contribution in [3.05, 3.63) is 52.8 Å². The van der Waals surface area contributed by atoms with E-state index in [0.29, 0.717) is 22.9 Å². The first-order chi connectivity index (χ1) is 8.65. The van der Waals surface area contributed by atoms with Crippen molar-refractivity contribution in [1.82, 2.24) is 0 Å². The van der Waals surface area contributed by atoms with E-state index in [9.17, 15) is 4.39 Å². The van der Waals surface area contributed by atoms with Gasteiger partial charge >= 0.3 is 0 Å². The number of hydrogen-bond donors (Lipinski definition) is 1. The molecule has 18 heavy (non-hydrogen) atoms. The summed E-state index contributed by atoms with van der Waals surface area (Å²) in [6.07, 6.45) is 0. The fourth-order valence-corrected chi connectivity index (χ4v) is 1.95. The molecule has 0 radical (unpaired) electrons. The SMILES string of the molecule is COc1ccc(-c2ccc(Cl)c(CN)c2)c(F)c1. The van der Waals surface area contributed by atoms with Crippen LogP contribution >= 0.6 is 11.6 Å². The van der Waals surface area contributed by atoms with Crippen LogP contribution in [-0.2, 0) is 6.54 Å². The van der Waals surface area contributed by atoms with Crippen LogP contribution in [0.4, 0.5) is 4.39 Å². The van der Waals surface area contributed by atoms with Gasteiger partial charge in [-0.25, -0.2) is 4.39 Å². The third kappa shape index (κ3) is 2.47. The van der Waals surface area contributed by atoms with Gasteiger partial charge in [0.25, 0.3) is 0 Å². The van der Waals surface area contributed by atoms with Gasteiger partial charge in [-0.05, 0) is 35.4 Å². The molecule has 2 aromatic rings.